The first kappa shape index (κ1) is 16.3. The van der Waals surface area contributed by atoms with Crippen molar-refractivity contribution in [3.8, 4) is 11.5 Å². The predicted octanol–water partition coefficient (Wildman–Crippen LogP) is 0.793. The molecule has 1 aromatic carbocycles. The second-order valence-corrected chi connectivity index (χ2v) is 4.60. The standard InChI is InChI=1S/C14H23N3O3/c1-17(2)8-7-15-10-14(18)16-11-5-6-12(19-3)13(9-11)20-4/h5-6,9,15H,7-8,10H2,1-4H3,(H,16,18). The molecule has 0 saturated carbocycles. The Morgan fingerprint density at radius 1 is 1.20 bits per heavy atom. The Kier molecular flexibility index (Phi) is 6.83. The van der Waals surface area contributed by atoms with E-state index in [1.807, 2.05) is 14.1 Å². The quantitative estimate of drug-likeness (QED) is 0.690. The van der Waals surface area contributed by atoms with Gasteiger partial charge in [0.1, 0.15) is 0 Å². The molecule has 20 heavy (non-hydrogen) atoms. The average molecular weight is 281 g/mol. The molecule has 2 N–H and O–H groups in total. The van der Waals surface area contributed by atoms with Crippen LogP contribution in [-0.4, -0.2) is 58.8 Å². The highest BCUT2D eigenvalue weighted by atomic mass is 16.5. The van der Waals surface area contributed by atoms with Gasteiger partial charge in [-0.2, -0.15) is 0 Å². The number of anilines is 1. The Labute approximate surface area is 120 Å². The molecular weight excluding hydrogens is 258 g/mol. The molecule has 6 nitrogen and oxygen atoms in total. The number of ether oxygens (including phenoxy) is 2. The van der Waals surface area contributed by atoms with Crippen molar-refractivity contribution >= 4 is 11.6 Å². The molecule has 0 unspecified atom stereocenters. The van der Waals surface area contributed by atoms with Gasteiger partial charge in [0.15, 0.2) is 11.5 Å². The lowest BCUT2D eigenvalue weighted by Crippen LogP contribution is -2.33. The lowest BCUT2D eigenvalue weighted by molar-refractivity contribution is -0.115. The maximum atomic E-state index is 11.8. The lowest BCUT2D eigenvalue weighted by Gasteiger charge is -2.12. The molecule has 0 spiro atoms. The monoisotopic (exact) mass is 281 g/mol. The highest BCUT2D eigenvalue weighted by Gasteiger charge is 2.07. The first-order valence-electron chi connectivity index (χ1n) is 6.44. The van der Waals surface area contributed by atoms with Gasteiger partial charge in [0.25, 0.3) is 0 Å². The third-order valence-corrected chi connectivity index (χ3v) is 2.69. The van der Waals surface area contributed by atoms with Gasteiger partial charge in [0.2, 0.25) is 5.91 Å². The van der Waals surface area contributed by atoms with Crippen LogP contribution in [0.3, 0.4) is 0 Å². The van der Waals surface area contributed by atoms with Crippen molar-refractivity contribution in [2.24, 2.45) is 0 Å². The highest BCUT2D eigenvalue weighted by Crippen LogP contribution is 2.29. The fraction of sp³-hybridized carbons (Fsp3) is 0.500. The Morgan fingerprint density at radius 3 is 2.50 bits per heavy atom. The van der Waals surface area contributed by atoms with E-state index in [4.69, 9.17) is 9.47 Å². The SMILES string of the molecule is COc1ccc(NC(=O)CNCCN(C)C)cc1OC. The molecule has 1 amide bonds. The first-order chi connectivity index (χ1) is 9.56. The summed E-state index contributed by atoms with van der Waals surface area (Å²) >= 11 is 0. The van der Waals surface area contributed by atoms with E-state index in [0.717, 1.165) is 13.1 Å². The van der Waals surface area contributed by atoms with Crippen LogP contribution in [0.25, 0.3) is 0 Å². The van der Waals surface area contributed by atoms with Crippen LogP contribution in [0, 0.1) is 0 Å². The van der Waals surface area contributed by atoms with Crippen LogP contribution >= 0.6 is 0 Å². The summed E-state index contributed by atoms with van der Waals surface area (Å²) in [5, 5.41) is 5.88. The summed E-state index contributed by atoms with van der Waals surface area (Å²) in [4.78, 5) is 13.8. The van der Waals surface area contributed by atoms with Crippen LogP contribution in [0.5, 0.6) is 11.5 Å². The number of methoxy groups -OCH3 is 2. The first-order valence-corrected chi connectivity index (χ1v) is 6.44. The van der Waals surface area contributed by atoms with Gasteiger partial charge >= 0.3 is 0 Å². The number of hydrogen-bond acceptors (Lipinski definition) is 5. The van der Waals surface area contributed by atoms with Crippen molar-refractivity contribution in [3.05, 3.63) is 18.2 Å². The predicted molar refractivity (Wildman–Crippen MR) is 79.6 cm³/mol. The average Bonchev–Trinajstić information content (AvgIpc) is 2.43. The van der Waals surface area contributed by atoms with Crippen molar-refractivity contribution in [2.75, 3.05) is 53.3 Å². The van der Waals surface area contributed by atoms with E-state index in [0.29, 0.717) is 17.2 Å². The molecule has 6 heteroatoms. The molecule has 0 aromatic heterocycles. The van der Waals surface area contributed by atoms with E-state index in [1.165, 1.54) is 0 Å². The summed E-state index contributed by atoms with van der Waals surface area (Å²) in [6, 6.07) is 5.27. The Hall–Kier alpha value is -1.79. The van der Waals surface area contributed by atoms with E-state index < -0.39 is 0 Å². The molecule has 1 aromatic rings. The molecule has 0 fully saturated rings. The van der Waals surface area contributed by atoms with Crippen molar-refractivity contribution in [1.29, 1.82) is 0 Å². The smallest absolute Gasteiger partial charge is 0.238 e. The molecule has 0 saturated heterocycles. The molecule has 0 aliphatic carbocycles. The Balaban J connectivity index is 2.45. The maximum absolute atomic E-state index is 11.8. The zero-order chi connectivity index (χ0) is 15.0. The minimum Gasteiger partial charge on any atom is -0.493 e. The third kappa shape index (κ3) is 5.46. The number of nitrogens with zero attached hydrogens (tertiary/aromatic N) is 1. The summed E-state index contributed by atoms with van der Waals surface area (Å²) in [6.07, 6.45) is 0. The van der Waals surface area contributed by atoms with Gasteiger partial charge in [-0.3, -0.25) is 4.79 Å². The van der Waals surface area contributed by atoms with Crippen LogP contribution in [0.15, 0.2) is 18.2 Å². The van der Waals surface area contributed by atoms with Gasteiger partial charge in [-0.1, -0.05) is 0 Å². The van der Waals surface area contributed by atoms with Crippen molar-refractivity contribution in [1.82, 2.24) is 10.2 Å². The van der Waals surface area contributed by atoms with Crippen LogP contribution in [0.1, 0.15) is 0 Å². The van der Waals surface area contributed by atoms with E-state index in [1.54, 1.807) is 32.4 Å². The molecule has 0 bridgehead atoms. The minimum atomic E-state index is -0.0871. The third-order valence-electron chi connectivity index (χ3n) is 2.69. The second-order valence-electron chi connectivity index (χ2n) is 4.60. The van der Waals surface area contributed by atoms with E-state index in [9.17, 15) is 4.79 Å². The van der Waals surface area contributed by atoms with Gasteiger partial charge in [0, 0.05) is 24.8 Å². The van der Waals surface area contributed by atoms with Gasteiger partial charge in [0.05, 0.1) is 20.8 Å². The van der Waals surface area contributed by atoms with E-state index >= 15 is 0 Å². The van der Waals surface area contributed by atoms with Crippen molar-refractivity contribution < 1.29 is 14.3 Å². The van der Waals surface area contributed by atoms with Gasteiger partial charge < -0.3 is 25.0 Å². The molecule has 1 rings (SSSR count). The molecule has 0 atom stereocenters. The normalized spacial score (nSPS) is 10.4. The lowest BCUT2D eigenvalue weighted by atomic mass is 10.2. The Bertz CT molecular complexity index is 436. The number of rotatable bonds is 8. The zero-order valence-electron chi connectivity index (χ0n) is 12.5. The van der Waals surface area contributed by atoms with Gasteiger partial charge in [-0.25, -0.2) is 0 Å². The largest absolute Gasteiger partial charge is 0.493 e. The zero-order valence-corrected chi connectivity index (χ0v) is 12.5. The number of carbonyl (C=O) groups is 1. The summed E-state index contributed by atoms with van der Waals surface area (Å²) in [5.74, 6) is 1.14. The molecule has 0 heterocycles. The number of benzene rings is 1. The van der Waals surface area contributed by atoms with Crippen LogP contribution in [0.2, 0.25) is 0 Å². The summed E-state index contributed by atoms with van der Waals surface area (Å²) in [7, 11) is 7.12. The van der Waals surface area contributed by atoms with Crippen molar-refractivity contribution in [2.45, 2.75) is 0 Å². The minimum absolute atomic E-state index is 0.0871. The fourth-order valence-electron chi connectivity index (χ4n) is 1.62. The summed E-state index contributed by atoms with van der Waals surface area (Å²) in [6.45, 7) is 1.94. The topological polar surface area (TPSA) is 62.8 Å². The number of carbonyl (C=O) groups excluding carboxylic acids is 1. The molecule has 112 valence electrons. The Morgan fingerprint density at radius 2 is 1.90 bits per heavy atom. The second kappa shape index (κ2) is 8.39. The van der Waals surface area contributed by atoms with Crippen LogP contribution in [-0.2, 0) is 4.79 Å². The molecule has 0 aliphatic rings. The van der Waals surface area contributed by atoms with Gasteiger partial charge in [-0.15, -0.1) is 0 Å². The van der Waals surface area contributed by atoms with Crippen LogP contribution in [0.4, 0.5) is 5.69 Å². The molecule has 0 aliphatic heterocycles. The fourth-order valence-corrected chi connectivity index (χ4v) is 1.62. The van der Waals surface area contributed by atoms with E-state index in [-0.39, 0.29) is 12.5 Å². The van der Waals surface area contributed by atoms with Crippen molar-refractivity contribution in [3.63, 3.8) is 0 Å². The summed E-state index contributed by atoms with van der Waals surface area (Å²) < 4.78 is 10.3. The highest BCUT2D eigenvalue weighted by molar-refractivity contribution is 5.92. The van der Waals surface area contributed by atoms with E-state index in [2.05, 4.69) is 15.5 Å². The maximum Gasteiger partial charge on any atom is 0.238 e. The molecular formula is C14H23N3O3. The summed E-state index contributed by atoms with van der Waals surface area (Å²) in [5.41, 5.74) is 0.682. The van der Waals surface area contributed by atoms with Gasteiger partial charge in [-0.05, 0) is 26.2 Å². The van der Waals surface area contributed by atoms with Crippen LogP contribution < -0.4 is 20.1 Å². The number of hydrogen-bond donors (Lipinski definition) is 2. The number of nitrogens with one attached hydrogen (secondary N) is 2. The number of likely N-dealkylation sites (N-methyl/N-ethyl adjacent to an activating group) is 1. The number of amides is 1. The molecule has 0 radical (unpaired) electrons.